The van der Waals surface area contributed by atoms with Gasteiger partial charge in [-0.3, -0.25) is 4.79 Å². The first-order chi connectivity index (χ1) is 8.77. The van der Waals surface area contributed by atoms with Crippen LogP contribution in [0, 0.1) is 5.92 Å². The molecule has 0 aromatic heterocycles. The lowest BCUT2D eigenvalue weighted by Gasteiger charge is -2.23. The molecule has 0 aromatic rings. The number of rotatable bonds is 8. The Morgan fingerprint density at radius 2 is 1.94 bits per heavy atom. The van der Waals surface area contributed by atoms with E-state index in [4.69, 9.17) is 5.11 Å². The Hall–Kier alpha value is -0.570. The molecular weight excluding hydrogens is 226 g/mol. The van der Waals surface area contributed by atoms with Crippen molar-refractivity contribution in [3.63, 3.8) is 0 Å². The van der Waals surface area contributed by atoms with Crippen molar-refractivity contribution in [3.8, 4) is 0 Å². The van der Waals surface area contributed by atoms with Crippen LogP contribution in [0.2, 0.25) is 0 Å². The third kappa shape index (κ3) is 5.85. The van der Waals surface area contributed by atoms with Gasteiger partial charge in [0.25, 0.3) is 0 Å². The van der Waals surface area contributed by atoms with Crippen LogP contribution in [0.5, 0.6) is 0 Å². The topological polar surface area (TPSA) is 40.5 Å². The number of hydrogen-bond donors (Lipinski definition) is 1. The maximum Gasteiger partial charge on any atom is 0.222 e. The fraction of sp³-hybridized carbons (Fsp3) is 0.933. The van der Waals surface area contributed by atoms with Crippen LogP contribution in [0.15, 0.2) is 0 Å². The molecule has 0 aliphatic heterocycles. The molecular formula is C15H29NO2. The monoisotopic (exact) mass is 255 g/mol. The van der Waals surface area contributed by atoms with E-state index in [1.165, 1.54) is 38.5 Å². The predicted molar refractivity (Wildman–Crippen MR) is 74.4 cm³/mol. The first-order valence-corrected chi connectivity index (χ1v) is 7.66. The van der Waals surface area contributed by atoms with Crippen molar-refractivity contribution >= 4 is 5.91 Å². The molecule has 0 atom stereocenters. The molecule has 1 fully saturated rings. The number of hydrogen-bond acceptors (Lipinski definition) is 2. The van der Waals surface area contributed by atoms with Crippen LogP contribution in [-0.4, -0.2) is 35.6 Å². The minimum absolute atomic E-state index is 0.172. The van der Waals surface area contributed by atoms with E-state index in [0.29, 0.717) is 19.4 Å². The van der Waals surface area contributed by atoms with Gasteiger partial charge in [0.1, 0.15) is 0 Å². The SMILES string of the molecule is CCN(CCCO)C(=O)CCCC1CCCCC1. The molecule has 1 aliphatic carbocycles. The number of amides is 1. The number of nitrogens with zero attached hydrogens (tertiary/aromatic N) is 1. The van der Waals surface area contributed by atoms with Crippen molar-refractivity contribution in [1.29, 1.82) is 0 Å². The maximum absolute atomic E-state index is 12.0. The maximum atomic E-state index is 12.0. The summed E-state index contributed by atoms with van der Waals surface area (Å²) in [6.45, 7) is 3.65. The fourth-order valence-corrected chi connectivity index (χ4v) is 2.90. The molecule has 0 unspecified atom stereocenters. The standard InChI is InChI=1S/C15H29NO2/c1-2-16(12-7-13-17)15(18)11-6-10-14-8-4-3-5-9-14/h14,17H,2-13H2,1H3. The van der Waals surface area contributed by atoms with E-state index in [0.717, 1.165) is 18.9 Å². The summed E-state index contributed by atoms with van der Waals surface area (Å²) in [6, 6.07) is 0. The highest BCUT2D eigenvalue weighted by Gasteiger charge is 2.15. The summed E-state index contributed by atoms with van der Waals surface area (Å²) >= 11 is 0. The highest BCUT2D eigenvalue weighted by atomic mass is 16.3. The average molecular weight is 255 g/mol. The normalized spacial score (nSPS) is 16.8. The summed E-state index contributed by atoms with van der Waals surface area (Å²) < 4.78 is 0. The van der Waals surface area contributed by atoms with E-state index in [1.54, 1.807) is 0 Å². The lowest BCUT2D eigenvalue weighted by atomic mass is 9.86. The van der Waals surface area contributed by atoms with Crippen molar-refractivity contribution in [1.82, 2.24) is 4.90 Å². The lowest BCUT2D eigenvalue weighted by Crippen LogP contribution is -2.32. The van der Waals surface area contributed by atoms with E-state index in [2.05, 4.69) is 0 Å². The van der Waals surface area contributed by atoms with Crippen molar-refractivity contribution < 1.29 is 9.90 Å². The summed E-state index contributed by atoms with van der Waals surface area (Å²) in [5.41, 5.74) is 0. The van der Waals surface area contributed by atoms with Gasteiger partial charge >= 0.3 is 0 Å². The van der Waals surface area contributed by atoms with Crippen LogP contribution in [-0.2, 0) is 4.79 Å². The van der Waals surface area contributed by atoms with Crippen LogP contribution in [0.3, 0.4) is 0 Å². The van der Waals surface area contributed by atoms with Gasteiger partial charge in [-0.05, 0) is 32.1 Å². The number of carbonyl (C=O) groups excluding carboxylic acids is 1. The Kier molecular flexibility index (Phi) is 8.06. The van der Waals surface area contributed by atoms with E-state index < -0.39 is 0 Å². The molecule has 1 saturated carbocycles. The third-order valence-corrected chi connectivity index (χ3v) is 4.05. The Morgan fingerprint density at radius 3 is 2.56 bits per heavy atom. The summed E-state index contributed by atoms with van der Waals surface area (Å²) in [7, 11) is 0. The van der Waals surface area contributed by atoms with E-state index >= 15 is 0 Å². The van der Waals surface area contributed by atoms with E-state index in [-0.39, 0.29) is 12.5 Å². The van der Waals surface area contributed by atoms with Crippen LogP contribution in [0.25, 0.3) is 0 Å². The summed E-state index contributed by atoms with van der Waals surface area (Å²) in [5, 5.41) is 8.80. The highest BCUT2D eigenvalue weighted by molar-refractivity contribution is 5.76. The summed E-state index contributed by atoms with van der Waals surface area (Å²) in [4.78, 5) is 13.8. The number of aliphatic hydroxyl groups is 1. The summed E-state index contributed by atoms with van der Waals surface area (Å²) in [5.74, 6) is 1.14. The number of aliphatic hydroxyl groups excluding tert-OH is 1. The van der Waals surface area contributed by atoms with Crippen molar-refractivity contribution in [2.75, 3.05) is 19.7 Å². The van der Waals surface area contributed by atoms with Crippen molar-refractivity contribution in [3.05, 3.63) is 0 Å². The number of carbonyl (C=O) groups is 1. The van der Waals surface area contributed by atoms with Gasteiger partial charge in [0, 0.05) is 26.1 Å². The largest absolute Gasteiger partial charge is 0.396 e. The van der Waals surface area contributed by atoms with Gasteiger partial charge in [0.15, 0.2) is 0 Å². The minimum atomic E-state index is 0.172. The van der Waals surface area contributed by atoms with Gasteiger partial charge in [-0.15, -0.1) is 0 Å². The van der Waals surface area contributed by atoms with E-state index in [9.17, 15) is 4.79 Å². The Morgan fingerprint density at radius 1 is 1.22 bits per heavy atom. The molecule has 0 aromatic carbocycles. The molecule has 1 aliphatic rings. The minimum Gasteiger partial charge on any atom is -0.396 e. The molecule has 3 nitrogen and oxygen atoms in total. The molecule has 1 rings (SSSR count). The predicted octanol–water partition coefficient (Wildman–Crippen LogP) is 2.97. The van der Waals surface area contributed by atoms with E-state index in [1.807, 2.05) is 11.8 Å². The second-order valence-electron chi connectivity index (χ2n) is 5.45. The first-order valence-electron chi connectivity index (χ1n) is 7.66. The first kappa shape index (κ1) is 15.5. The summed E-state index contributed by atoms with van der Waals surface area (Å²) in [6.07, 6.45) is 10.6. The smallest absolute Gasteiger partial charge is 0.222 e. The fourth-order valence-electron chi connectivity index (χ4n) is 2.90. The molecule has 18 heavy (non-hydrogen) atoms. The molecule has 0 bridgehead atoms. The molecule has 1 amide bonds. The molecule has 0 heterocycles. The molecule has 3 heteroatoms. The molecule has 1 N–H and O–H groups in total. The molecule has 106 valence electrons. The second-order valence-corrected chi connectivity index (χ2v) is 5.45. The van der Waals surface area contributed by atoms with Gasteiger partial charge in [-0.1, -0.05) is 32.1 Å². The van der Waals surface area contributed by atoms with Gasteiger partial charge < -0.3 is 10.0 Å². The quantitative estimate of drug-likeness (QED) is 0.724. The van der Waals surface area contributed by atoms with Crippen LogP contribution >= 0.6 is 0 Å². The van der Waals surface area contributed by atoms with Crippen molar-refractivity contribution in [2.45, 2.75) is 64.7 Å². The zero-order valence-corrected chi connectivity index (χ0v) is 11.9. The zero-order chi connectivity index (χ0) is 13.2. The second kappa shape index (κ2) is 9.37. The molecule has 0 spiro atoms. The van der Waals surface area contributed by atoms with Crippen LogP contribution in [0.4, 0.5) is 0 Å². The average Bonchev–Trinajstić information content (AvgIpc) is 2.41. The molecule has 0 radical (unpaired) electrons. The molecule has 0 saturated heterocycles. The Bertz CT molecular complexity index is 225. The third-order valence-electron chi connectivity index (χ3n) is 4.05. The van der Waals surface area contributed by atoms with Gasteiger partial charge in [-0.25, -0.2) is 0 Å². The van der Waals surface area contributed by atoms with Crippen LogP contribution in [0.1, 0.15) is 64.7 Å². The Balaban J connectivity index is 2.13. The van der Waals surface area contributed by atoms with Crippen LogP contribution < -0.4 is 0 Å². The highest BCUT2D eigenvalue weighted by Crippen LogP contribution is 2.27. The van der Waals surface area contributed by atoms with Crippen molar-refractivity contribution in [2.24, 2.45) is 5.92 Å². The van der Waals surface area contributed by atoms with Gasteiger partial charge in [0.05, 0.1) is 0 Å². The van der Waals surface area contributed by atoms with Gasteiger partial charge in [-0.2, -0.15) is 0 Å². The van der Waals surface area contributed by atoms with Gasteiger partial charge in [0.2, 0.25) is 5.91 Å². The Labute approximate surface area is 112 Å². The lowest BCUT2D eigenvalue weighted by molar-refractivity contribution is -0.131. The zero-order valence-electron chi connectivity index (χ0n) is 11.9.